The predicted octanol–water partition coefficient (Wildman–Crippen LogP) is 5.40. The Kier molecular flexibility index (Phi) is 7.93. The van der Waals surface area contributed by atoms with Gasteiger partial charge in [0, 0.05) is 5.56 Å². The molecule has 3 rings (SSSR count). The summed E-state index contributed by atoms with van der Waals surface area (Å²) in [5.74, 6) is 1.29. The van der Waals surface area contributed by atoms with Crippen molar-refractivity contribution in [1.82, 2.24) is 5.32 Å². The first-order valence-corrected chi connectivity index (χ1v) is 10.6. The van der Waals surface area contributed by atoms with Gasteiger partial charge in [-0.05, 0) is 44.0 Å². The van der Waals surface area contributed by atoms with E-state index < -0.39 is 0 Å². The van der Waals surface area contributed by atoms with Gasteiger partial charge >= 0.3 is 0 Å². The molecule has 162 valence electrons. The van der Waals surface area contributed by atoms with Crippen molar-refractivity contribution in [3.8, 4) is 17.2 Å². The molecule has 0 saturated carbocycles. The fourth-order valence-electron chi connectivity index (χ4n) is 3.38. The second kappa shape index (κ2) is 11.1. The lowest BCUT2D eigenvalue weighted by Gasteiger charge is -2.21. The number of amides is 1. The van der Waals surface area contributed by atoms with Gasteiger partial charge in [0.2, 0.25) is 5.75 Å². The standard InChI is InChI=1S/C26H29NO4/c1-4-29-22-17-21(18-23(30-5-2)25(22)31-6-3)26(28)27-24(19-13-9-7-10-14-19)20-15-11-8-12-16-20/h7-18,24H,4-6H2,1-3H3,(H,27,28). The summed E-state index contributed by atoms with van der Waals surface area (Å²) < 4.78 is 17.3. The number of carbonyl (C=O) groups is 1. The highest BCUT2D eigenvalue weighted by Gasteiger charge is 2.22. The van der Waals surface area contributed by atoms with Gasteiger partial charge in [0.1, 0.15) is 0 Å². The van der Waals surface area contributed by atoms with E-state index in [9.17, 15) is 4.79 Å². The van der Waals surface area contributed by atoms with Gasteiger partial charge < -0.3 is 19.5 Å². The third-order valence-electron chi connectivity index (χ3n) is 4.71. The van der Waals surface area contributed by atoms with Crippen LogP contribution in [0.15, 0.2) is 72.8 Å². The molecule has 0 aliphatic rings. The first-order valence-electron chi connectivity index (χ1n) is 10.6. The van der Waals surface area contributed by atoms with Gasteiger partial charge in [-0.1, -0.05) is 60.7 Å². The van der Waals surface area contributed by atoms with Crippen LogP contribution in [0.4, 0.5) is 0 Å². The molecule has 1 amide bonds. The number of ether oxygens (including phenoxy) is 3. The molecule has 0 fully saturated rings. The fraction of sp³-hybridized carbons (Fsp3) is 0.269. The second-order valence-corrected chi connectivity index (χ2v) is 6.83. The maximum Gasteiger partial charge on any atom is 0.252 e. The Balaban J connectivity index is 1.98. The van der Waals surface area contributed by atoms with E-state index in [0.29, 0.717) is 42.6 Å². The van der Waals surface area contributed by atoms with Crippen molar-refractivity contribution in [3.63, 3.8) is 0 Å². The van der Waals surface area contributed by atoms with Gasteiger partial charge in [-0.25, -0.2) is 0 Å². The first-order chi connectivity index (χ1) is 15.2. The molecule has 0 unspecified atom stereocenters. The predicted molar refractivity (Wildman–Crippen MR) is 122 cm³/mol. The SMILES string of the molecule is CCOc1cc(C(=O)NC(c2ccccc2)c2ccccc2)cc(OCC)c1OCC. The summed E-state index contributed by atoms with van der Waals surface area (Å²) in [4.78, 5) is 13.3. The lowest BCUT2D eigenvalue weighted by atomic mass is 9.98. The Labute approximate surface area is 184 Å². The lowest BCUT2D eigenvalue weighted by Crippen LogP contribution is -2.29. The molecule has 0 aliphatic heterocycles. The van der Waals surface area contributed by atoms with Crippen molar-refractivity contribution in [2.24, 2.45) is 0 Å². The van der Waals surface area contributed by atoms with Gasteiger partial charge in [0.05, 0.1) is 25.9 Å². The molecule has 5 nitrogen and oxygen atoms in total. The van der Waals surface area contributed by atoms with Gasteiger partial charge in [-0.15, -0.1) is 0 Å². The minimum Gasteiger partial charge on any atom is -0.490 e. The summed E-state index contributed by atoms with van der Waals surface area (Å²) in [6.07, 6.45) is 0. The highest BCUT2D eigenvalue weighted by Crippen LogP contribution is 2.39. The van der Waals surface area contributed by atoms with Crippen molar-refractivity contribution in [3.05, 3.63) is 89.5 Å². The molecule has 3 aromatic rings. The van der Waals surface area contributed by atoms with Crippen LogP contribution in [0.25, 0.3) is 0 Å². The van der Waals surface area contributed by atoms with Crippen LogP contribution < -0.4 is 19.5 Å². The molecule has 31 heavy (non-hydrogen) atoms. The summed E-state index contributed by atoms with van der Waals surface area (Å²) in [6.45, 7) is 7.06. The molecule has 5 heteroatoms. The van der Waals surface area contributed by atoms with Crippen molar-refractivity contribution >= 4 is 5.91 Å². The van der Waals surface area contributed by atoms with Crippen molar-refractivity contribution in [2.45, 2.75) is 26.8 Å². The molecular weight excluding hydrogens is 390 g/mol. The van der Waals surface area contributed by atoms with Crippen molar-refractivity contribution < 1.29 is 19.0 Å². The van der Waals surface area contributed by atoms with Crippen LogP contribution in [0.5, 0.6) is 17.2 Å². The minimum atomic E-state index is -0.285. The van der Waals surface area contributed by atoms with Crippen LogP contribution in [-0.2, 0) is 0 Å². The molecule has 0 radical (unpaired) electrons. The zero-order valence-corrected chi connectivity index (χ0v) is 18.3. The van der Waals surface area contributed by atoms with E-state index in [1.165, 1.54) is 0 Å². The Morgan fingerprint density at radius 2 is 1.19 bits per heavy atom. The van der Waals surface area contributed by atoms with Crippen LogP contribution in [0.2, 0.25) is 0 Å². The number of hydrogen-bond acceptors (Lipinski definition) is 4. The van der Waals surface area contributed by atoms with Gasteiger partial charge in [0.15, 0.2) is 11.5 Å². The molecule has 0 atom stereocenters. The number of carbonyl (C=O) groups excluding carboxylic acids is 1. The van der Waals surface area contributed by atoms with Crippen molar-refractivity contribution in [1.29, 1.82) is 0 Å². The quantitative estimate of drug-likeness (QED) is 0.478. The maximum absolute atomic E-state index is 13.3. The van der Waals surface area contributed by atoms with E-state index >= 15 is 0 Å². The zero-order chi connectivity index (χ0) is 22.1. The Bertz CT molecular complexity index is 907. The summed E-state index contributed by atoms with van der Waals surface area (Å²) in [6, 6.07) is 22.9. The molecule has 0 aromatic heterocycles. The summed E-state index contributed by atoms with van der Waals surface area (Å²) in [5.41, 5.74) is 2.46. The first kappa shape index (κ1) is 22.2. The largest absolute Gasteiger partial charge is 0.490 e. The number of hydrogen-bond donors (Lipinski definition) is 1. The lowest BCUT2D eigenvalue weighted by molar-refractivity contribution is 0.0942. The molecule has 0 aliphatic carbocycles. The van der Waals surface area contributed by atoms with E-state index in [4.69, 9.17) is 14.2 Å². The van der Waals surface area contributed by atoms with E-state index in [0.717, 1.165) is 11.1 Å². The highest BCUT2D eigenvalue weighted by molar-refractivity contribution is 5.96. The average Bonchev–Trinajstić information content (AvgIpc) is 2.80. The Morgan fingerprint density at radius 1 is 0.742 bits per heavy atom. The van der Waals surface area contributed by atoms with Crippen LogP contribution in [-0.4, -0.2) is 25.7 Å². The van der Waals surface area contributed by atoms with Crippen LogP contribution in [0, 0.1) is 0 Å². The molecule has 0 heterocycles. The number of nitrogens with one attached hydrogen (secondary N) is 1. The molecule has 1 N–H and O–H groups in total. The van der Waals surface area contributed by atoms with E-state index in [-0.39, 0.29) is 11.9 Å². The van der Waals surface area contributed by atoms with Crippen molar-refractivity contribution in [2.75, 3.05) is 19.8 Å². The fourth-order valence-corrected chi connectivity index (χ4v) is 3.38. The summed E-state index contributed by atoms with van der Waals surface area (Å²) in [7, 11) is 0. The molecule has 3 aromatic carbocycles. The number of benzene rings is 3. The van der Waals surface area contributed by atoms with E-state index in [2.05, 4.69) is 5.32 Å². The van der Waals surface area contributed by atoms with Gasteiger partial charge in [0.25, 0.3) is 5.91 Å². The normalized spacial score (nSPS) is 10.6. The highest BCUT2D eigenvalue weighted by atomic mass is 16.5. The van der Waals surface area contributed by atoms with E-state index in [1.54, 1.807) is 12.1 Å². The molecule has 0 saturated heterocycles. The van der Waals surface area contributed by atoms with Crippen LogP contribution >= 0.6 is 0 Å². The van der Waals surface area contributed by atoms with Gasteiger partial charge in [-0.2, -0.15) is 0 Å². The number of rotatable bonds is 10. The monoisotopic (exact) mass is 419 g/mol. The Hall–Kier alpha value is -3.47. The Morgan fingerprint density at radius 3 is 1.61 bits per heavy atom. The smallest absolute Gasteiger partial charge is 0.252 e. The summed E-state index contributed by atoms with van der Waals surface area (Å²) >= 11 is 0. The van der Waals surface area contributed by atoms with Gasteiger partial charge in [-0.3, -0.25) is 4.79 Å². The third kappa shape index (κ3) is 5.57. The second-order valence-electron chi connectivity index (χ2n) is 6.83. The third-order valence-corrected chi connectivity index (χ3v) is 4.71. The molecule has 0 bridgehead atoms. The topological polar surface area (TPSA) is 56.8 Å². The van der Waals surface area contributed by atoms with Crippen LogP contribution in [0.3, 0.4) is 0 Å². The zero-order valence-electron chi connectivity index (χ0n) is 18.3. The maximum atomic E-state index is 13.3. The molecular formula is C26H29NO4. The molecule has 0 spiro atoms. The summed E-state index contributed by atoms with van der Waals surface area (Å²) in [5, 5.41) is 3.17. The van der Waals surface area contributed by atoms with E-state index in [1.807, 2.05) is 81.4 Å². The average molecular weight is 420 g/mol. The minimum absolute atomic E-state index is 0.220. The van der Waals surface area contributed by atoms with Crippen LogP contribution in [0.1, 0.15) is 48.3 Å².